The molecule has 0 aliphatic carbocycles. The van der Waals surface area contributed by atoms with Crippen LogP contribution in [0.25, 0.3) is 16.9 Å². The fourth-order valence-corrected chi connectivity index (χ4v) is 4.71. The summed E-state index contributed by atoms with van der Waals surface area (Å²) in [6.45, 7) is 9.62. The monoisotopic (exact) mass is 472 g/mol. The third-order valence-corrected chi connectivity index (χ3v) is 6.66. The fourth-order valence-electron chi connectivity index (χ4n) is 4.71. The van der Waals surface area contributed by atoms with Crippen molar-refractivity contribution < 1.29 is 4.74 Å². The highest BCUT2D eigenvalue weighted by Gasteiger charge is 2.12. The molecule has 3 aromatic heterocycles. The molecule has 5 rings (SSSR count). The molecule has 0 saturated carbocycles. The minimum atomic E-state index is 0.684. The standard InChI is InChI=1S/C28H36N6O/c1-22(2)7-6-16-33-21-24(20-29-33)26-8-5-9-28-30-27(31-34(26)28)19-23-10-12-25(13-11-23)35-18-17-32-14-3-4-15-32/h5,8-13,20-22H,3-4,6-7,14-19H2,1-2H3. The van der Waals surface area contributed by atoms with E-state index in [9.17, 15) is 0 Å². The molecule has 35 heavy (non-hydrogen) atoms. The molecule has 1 aliphatic rings. The molecule has 1 aliphatic heterocycles. The lowest BCUT2D eigenvalue weighted by atomic mass is 10.1. The lowest BCUT2D eigenvalue weighted by Crippen LogP contribution is -2.25. The van der Waals surface area contributed by atoms with Crippen LogP contribution in [0.15, 0.2) is 54.9 Å². The molecule has 0 spiro atoms. The molecule has 0 unspecified atom stereocenters. The Morgan fingerprint density at radius 3 is 2.63 bits per heavy atom. The Labute approximate surface area is 207 Å². The molecule has 0 bridgehead atoms. The van der Waals surface area contributed by atoms with Crippen molar-refractivity contribution in [1.82, 2.24) is 29.3 Å². The van der Waals surface area contributed by atoms with Crippen molar-refractivity contribution in [2.45, 2.75) is 52.5 Å². The molecule has 0 radical (unpaired) electrons. The number of rotatable bonds is 11. The molecule has 184 valence electrons. The first-order valence-electron chi connectivity index (χ1n) is 13.0. The van der Waals surface area contributed by atoms with Gasteiger partial charge in [-0.2, -0.15) is 10.2 Å². The highest BCUT2D eigenvalue weighted by molar-refractivity contribution is 5.61. The van der Waals surface area contributed by atoms with Crippen molar-refractivity contribution in [1.29, 1.82) is 0 Å². The normalized spacial score (nSPS) is 14.4. The minimum absolute atomic E-state index is 0.684. The van der Waals surface area contributed by atoms with Crippen LogP contribution in [-0.4, -0.2) is 55.5 Å². The van der Waals surface area contributed by atoms with Crippen molar-refractivity contribution in [2.24, 2.45) is 5.92 Å². The first kappa shape index (κ1) is 23.5. The second-order valence-corrected chi connectivity index (χ2v) is 9.96. The van der Waals surface area contributed by atoms with Gasteiger partial charge in [0.25, 0.3) is 0 Å². The Hall–Kier alpha value is -3.19. The van der Waals surface area contributed by atoms with Crippen LogP contribution in [0, 0.1) is 5.92 Å². The first-order valence-corrected chi connectivity index (χ1v) is 13.0. The fraction of sp³-hybridized carbons (Fsp3) is 0.464. The summed E-state index contributed by atoms with van der Waals surface area (Å²) in [5, 5.41) is 9.39. The van der Waals surface area contributed by atoms with Gasteiger partial charge in [0, 0.05) is 31.3 Å². The second kappa shape index (κ2) is 11.0. The number of benzene rings is 1. The van der Waals surface area contributed by atoms with Crippen LogP contribution in [0.2, 0.25) is 0 Å². The molecular formula is C28H36N6O. The SMILES string of the molecule is CC(C)CCCn1cc(-c2cccc3nc(Cc4ccc(OCCN5CCCC5)cc4)nn23)cn1. The zero-order valence-corrected chi connectivity index (χ0v) is 20.9. The van der Waals surface area contributed by atoms with Gasteiger partial charge in [-0.15, -0.1) is 0 Å². The Morgan fingerprint density at radius 2 is 1.83 bits per heavy atom. The third kappa shape index (κ3) is 6.09. The summed E-state index contributed by atoms with van der Waals surface area (Å²) in [7, 11) is 0. The first-order chi connectivity index (χ1) is 17.1. The van der Waals surface area contributed by atoms with Crippen LogP contribution in [0.1, 0.15) is 50.9 Å². The number of nitrogens with zero attached hydrogens (tertiary/aromatic N) is 6. The molecule has 7 nitrogen and oxygen atoms in total. The van der Waals surface area contributed by atoms with E-state index in [0.717, 1.165) is 60.5 Å². The summed E-state index contributed by atoms with van der Waals surface area (Å²) < 4.78 is 9.90. The molecule has 1 saturated heterocycles. The van der Waals surface area contributed by atoms with E-state index in [1.165, 1.54) is 37.9 Å². The lowest BCUT2D eigenvalue weighted by Gasteiger charge is -2.14. The van der Waals surface area contributed by atoms with Gasteiger partial charge >= 0.3 is 0 Å². The van der Waals surface area contributed by atoms with Crippen LogP contribution in [-0.2, 0) is 13.0 Å². The minimum Gasteiger partial charge on any atom is -0.492 e. The van der Waals surface area contributed by atoms with Gasteiger partial charge in [-0.05, 0) is 74.5 Å². The summed E-state index contributed by atoms with van der Waals surface area (Å²) in [6.07, 6.45) is 9.70. The van der Waals surface area contributed by atoms with Gasteiger partial charge in [0.15, 0.2) is 11.5 Å². The van der Waals surface area contributed by atoms with Gasteiger partial charge in [0.1, 0.15) is 12.4 Å². The van der Waals surface area contributed by atoms with Crippen molar-refractivity contribution in [3.05, 3.63) is 66.2 Å². The van der Waals surface area contributed by atoms with E-state index in [-0.39, 0.29) is 0 Å². The number of aryl methyl sites for hydroxylation is 1. The van der Waals surface area contributed by atoms with E-state index >= 15 is 0 Å². The number of hydrogen-bond acceptors (Lipinski definition) is 5. The average molecular weight is 473 g/mol. The summed E-state index contributed by atoms with van der Waals surface area (Å²) in [4.78, 5) is 7.24. The summed E-state index contributed by atoms with van der Waals surface area (Å²) in [5.74, 6) is 2.45. The summed E-state index contributed by atoms with van der Waals surface area (Å²) >= 11 is 0. The Bertz CT molecular complexity index is 1220. The molecular weight excluding hydrogens is 436 g/mol. The van der Waals surface area contributed by atoms with Crippen molar-refractivity contribution in [3.8, 4) is 17.0 Å². The maximum Gasteiger partial charge on any atom is 0.156 e. The third-order valence-electron chi connectivity index (χ3n) is 6.66. The average Bonchev–Trinajstić information content (AvgIpc) is 3.61. The lowest BCUT2D eigenvalue weighted by molar-refractivity contribution is 0.238. The van der Waals surface area contributed by atoms with E-state index < -0.39 is 0 Å². The van der Waals surface area contributed by atoms with Gasteiger partial charge in [-0.1, -0.05) is 32.0 Å². The maximum absolute atomic E-state index is 5.94. The number of ether oxygens (including phenoxy) is 1. The number of likely N-dealkylation sites (tertiary alicyclic amines) is 1. The largest absolute Gasteiger partial charge is 0.492 e. The number of aromatic nitrogens is 5. The van der Waals surface area contributed by atoms with Crippen LogP contribution < -0.4 is 4.74 Å². The van der Waals surface area contributed by atoms with Gasteiger partial charge in [0.2, 0.25) is 0 Å². The smallest absolute Gasteiger partial charge is 0.156 e. The highest BCUT2D eigenvalue weighted by Crippen LogP contribution is 2.21. The Kier molecular flexibility index (Phi) is 7.42. The quantitative estimate of drug-likeness (QED) is 0.304. The van der Waals surface area contributed by atoms with Gasteiger partial charge in [-0.3, -0.25) is 9.58 Å². The Morgan fingerprint density at radius 1 is 1.00 bits per heavy atom. The van der Waals surface area contributed by atoms with E-state index in [0.29, 0.717) is 6.42 Å². The van der Waals surface area contributed by atoms with Crippen LogP contribution in [0.3, 0.4) is 0 Å². The highest BCUT2D eigenvalue weighted by atomic mass is 16.5. The topological polar surface area (TPSA) is 60.5 Å². The molecule has 1 fully saturated rings. The summed E-state index contributed by atoms with van der Waals surface area (Å²) in [5.41, 5.74) is 4.10. The molecule has 4 heterocycles. The Balaban J connectivity index is 1.22. The predicted octanol–water partition coefficient (Wildman–Crippen LogP) is 5.09. The molecule has 0 N–H and O–H groups in total. The van der Waals surface area contributed by atoms with Gasteiger partial charge < -0.3 is 4.74 Å². The van der Waals surface area contributed by atoms with Crippen LogP contribution >= 0.6 is 0 Å². The van der Waals surface area contributed by atoms with Crippen molar-refractivity contribution in [3.63, 3.8) is 0 Å². The molecule has 1 aromatic carbocycles. The predicted molar refractivity (Wildman–Crippen MR) is 139 cm³/mol. The molecule has 7 heteroatoms. The van der Waals surface area contributed by atoms with E-state index in [4.69, 9.17) is 14.8 Å². The van der Waals surface area contributed by atoms with E-state index in [1.807, 2.05) is 39.7 Å². The number of pyridine rings is 1. The van der Waals surface area contributed by atoms with Gasteiger partial charge in [-0.25, -0.2) is 9.50 Å². The number of hydrogen-bond donors (Lipinski definition) is 0. The van der Waals surface area contributed by atoms with Crippen LogP contribution in [0.5, 0.6) is 5.75 Å². The van der Waals surface area contributed by atoms with Crippen molar-refractivity contribution in [2.75, 3.05) is 26.2 Å². The number of fused-ring (bicyclic) bond motifs is 1. The molecule has 0 atom stereocenters. The molecule has 4 aromatic rings. The zero-order chi connectivity index (χ0) is 24.0. The molecule has 0 amide bonds. The van der Waals surface area contributed by atoms with E-state index in [1.54, 1.807) is 0 Å². The van der Waals surface area contributed by atoms with Crippen molar-refractivity contribution >= 4 is 5.65 Å². The summed E-state index contributed by atoms with van der Waals surface area (Å²) in [6, 6.07) is 14.4. The second-order valence-electron chi connectivity index (χ2n) is 9.96. The zero-order valence-electron chi connectivity index (χ0n) is 20.9. The van der Waals surface area contributed by atoms with Gasteiger partial charge in [0.05, 0.1) is 11.9 Å². The van der Waals surface area contributed by atoms with Crippen LogP contribution in [0.4, 0.5) is 0 Å². The maximum atomic E-state index is 5.94. The van der Waals surface area contributed by atoms with E-state index in [2.05, 4.69) is 48.2 Å².